The number of carbonyl (C=O) groups is 2. The molecule has 1 heterocycles. The van der Waals surface area contributed by atoms with Crippen molar-refractivity contribution in [2.45, 2.75) is 0 Å². The summed E-state index contributed by atoms with van der Waals surface area (Å²) in [6.07, 6.45) is 1.45. The number of amides is 1. The molecule has 0 aliphatic heterocycles. The lowest BCUT2D eigenvalue weighted by Crippen LogP contribution is -2.13. The number of nitrogens with two attached hydrogens (primary N) is 1. The molecule has 1 aromatic heterocycles. The van der Waals surface area contributed by atoms with Gasteiger partial charge in [-0.05, 0) is 48.5 Å². The Kier molecular flexibility index (Phi) is 5.51. The van der Waals surface area contributed by atoms with Gasteiger partial charge in [-0.3, -0.25) is 4.79 Å². The van der Waals surface area contributed by atoms with E-state index < -0.39 is 5.97 Å². The zero-order chi connectivity index (χ0) is 21.0. The molecule has 29 heavy (non-hydrogen) atoms. The van der Waals surface area contributed by atoms with Gasteiger partial charge in [-0.2, -0.15) is 5.26 Å². The maximum absolute atomic E-state index is 12.5. The van der Waals surface area contributed by atoms with Crippen LogP contribution >= 0.6 is 0 Å². The van der Waals surface area contributed by atoms with Crippen molar-refractivity contribution in [1.82, 2.24) is 4.57 Å². The Morgan fingerprint density at radius 3 is 2.28 bits per heavy atom. The molecule has 2 aromatic carbocycles. The summed E-state index contributed by atoms with van der Waals surface area (Å²) in [4.78, 5) is 24.5. The molecule has 0 unspecified atom stereocenters. The summed E-state index contributed by atoms with van der Waals surface area (Å²) in [5.74, 6) is -0.263. The Hall–Kier alpha value is -4.25. The lowest BCUT2D eigenvalue weighted by atomic mass is 10.2. The van der Waals surface area contributed by atoms with Crippen LogP contribution in [0.15, 0.2) is 54.7 Å². The predicted octanol–water partition coefficient (Wildman–Crippen LogP) is 2.98. The molecule has 146 valence electrons. The summed E-state index contributed by atoms with van der Waals surface area (Å²) in [5.41, 5.74) is 7.76. The van der Waals surface area contributed by atoms with E-state index in [1.165, 1.54) is 17.9 Å². The molecule has 3 N–H and O–H groups in total. The number of nitrogen functional groups attached to an aromatic ring is 1. The number of nitrogens with zero attached hydrogens (tertiary/aromatic N) is 2. The van der Waals surface area contributed by atoms with E-state index in [0.29, 0.717) is 22.7 Å². The van der Waals surface area contributed by atoms with Gasteiger partial charge in [-0.1, -0.05) is 0 Å². The van der Waals surface area contributed by atoms with Crippen molar-refractivity contribution in [3.8, 4) is 17.5 Å². The number of anilines is 2. The molecule has 0 spiro atoms. The van der Waals surface area contributed by atoms with E-state index in [1.807, 2.05) is 6.07 Å². The molecule has 0 fully saturated rings. The molecule has 0 aliphatic carbocycles. The van der Waals surface area contributed by atoms with Gasteiger partial charge in [0.2, 0.25) is 0 Å². The largest absolute Gasteiger partial charge is 0.497 e. The zero-order valence-electron chi connectivity index (χ0n) is 15.8. The third kappa shape index (κ3) is 3.89. The predicted molar refractivity (Wildman–Crippen MR) is 107 cm³/mol. The van der Waals surface area contributed by atoms with Gasteiger partial charge in [0, 0.05) is 23.1 Å². The molecular weight excluding hydrogens is 372 g/mol. The third-order valence-electron chi connectivity index (χ3n) is 4.30. The van der Waals surface area contributed by atoms with Crippen LogP contribution in [0.2, 0.25) is 0 Å². The second-order valence-electron chi connectivity index (χ2n) is 6.01. The zero-order valence-corrected chi connectivity index (χ0v) is 15.8. The fourth-order valence-corrected chi connectivity index (χ4v) is 2.77. The average Bonchev–Trinajstić information content (AvgIpc) is 3.10. The number of nitriles is 1. The van der Waals surface area contributed by atoms with Crippen molar-refractivity contribution in [1.29, 1.82) is 5.26 Å². The highest BCUT2D eigenvalue weighted by molar-refractivity contribution is 6.04. The quantitative estimate of drug-likeness (QED) is 0.647. The van der Waals surface area contributed by atoms with Gasteiger partial charge >= 0.3 is 5.97 Å². The number of benzene rings is 2. The summed E-state index contributed by atoms with van der Waals surface area (Å²) in [7, 11) is 2.80. The Morgan fingerprint density at radius 1 is 1.07 bits per heavy atom. The van der Waals surface area contributed by atoms with E-state index >= 15 is 0 Å². The van der Waals surface area contributed by atoms with Gasteiger partial charge in [0.15, 0.2) is 5.69 Å². The number of esters is 1. The number of rotatable bonds is 5. The van der Waals surface area contributed by atoms with Gasteiger partial charge in [0.1, 0.15) is 11.8 Å². The van der Waals surface area contributed by atoms with E-state index in [4.69, 9.17) is 15.2 Å². The number of ether oxygens (including phenoxy) is 2. The summed E-state index contributed by atoms with van der Waals surface area (Å²) in [5, 5.41) is 12.0. The number of carbonyl (C=O) groups excluding carboxylic acids is 2. The summed E-state index contributed by atoms with van der Waals surface area (Å²) in [6, 6.07) is 15.4. The number of nitrogens with one attached hydrogen (secondary N) is 1. The van der Waals surface area contributed by atoms with Crippen LogP contribution in [-0.2, 0) is 4.74 Å². The lowest BCUT2D eigenvalue weighted by molar-refractivity contribution is 0.0593. The fourth-order valence-electron chi connectivity index (χ4n) is 2.77. The normalized spacial score (nSPS) is 10.1. The van der Waals surface area contributed by atoms with Gasteiger partial charge in [-0.15, -0.1) is 0 Å². The van der Waals surface area contributed by atoms with Crippen LogP contribution < -0.4 is 15.8 Å². The first-order valence-electron chi connectivity index (χ1n) is 8.53. The number of aromatic nitrogens is 1. The van der Waals surface area contributed by atoms with Crippen molar-refractivity contribution >= 4 is 23.3 Å². The van der Waals surface area contributed by atoms with Crippen molar-refractivity contribution in [3.05, 3.63) is 71.5 Å². The summed E-state index contributed by atoms with van der Waals surface area (Å²) in [6.45, 7) is 0. The fraction of sp³-hybridized carbons (Fsp3) is 0.0952. The lowest BCUT2D eigenvalue weighted by Gasteiger charge is -2.10. The van der Waals surface area contributed by atoms with Gasteiger partial charge in [0.25, 0.3) is 5.91 Å². The Morgan fingerprint density at radius 2 is 1.72 bits per heavy atom. The molecule has 0 saturated heterocycles. The van der Waals surface area contributed by atoms with E-state index in [2.05, 4.69) is 5.32 Å². The maximum atomic E-state index is 12.5. The van der Waals surface area contributed by atoms with Crippen LogP contribution in [0.5, 0.6) is 5.75 Å². The minimum Gasteiger partial charge on any atom is -0.497 e. The number of methoxy groups -OCH3 is 2. The molecule has 8 heteroatoms. The molecule has 0 saturated carbocycles. The minimum absolute atomic E-state index is 0.0423. The number of hydrogen-bond acceptors (Lipinski definition) is 6. The van der Waals surface area contributed by atoms with Gasteiger partial charge in [0.05, 0.1) is 25.5 Å². The topological polar surface area (TPSA) is 119 Å². The highest BCUT2D eigenvalue weighted by atomic mass is 16.5. The average molecular weight is 390 g/mol. The summed E-state index contributed by atoms with van der Waals surface area (Å²) < 4.78 is 11.3. The van der Waals surface area contributed by atoms with Crippen molar-refractivity contribution < 1.29 is 19.1 Å². The van der Waals surface area contributed by atoms with Crippen molar-refractivity contribution in [2.75, 3.05) is 25.3 Å². The monoisotopic (exact) mass is 390 g/mol. The number of hydrogen-bond donors (Lipinski definition) is 2. The molecule has 1 amide bonds. The van der Waals surface area contributed by atoms with Gasteiger partial charge in [-0.25, -0.2) is 4.79 Å². The van der Waals surface area contributed by atoms with E-state index in [9.17, 15) is 14.9 Å². The summed E-state index contributed by atoms with van der Waals surface area (Å²) >= 11 is 0. The Labute approximate surface area is 167 Å². The first-order chi connectivity index (χ1) is 14.0. The van der Waals surface area contributed by atoms with E-state index in [1.54, 1.807) is 55.6 Å². The van der Waals surface area contributed by atoms with Crippen LogP contribution in [-0.4, -0.2) is 30.7 Å². The Bertz CT molecular complexity index is 1090. The molecule has 8 nitrogen and oxygen atoms in total. The maximum Gasteiger partial charge on any atom is 0.357 e. The molecule has 0 atom stereocenters. The molecule has 0 aliphatic rings. The molecular formula is C21H18N4O4. The van der Waals surface area contributed by atoms with Gasteiger partial charge < -0.3 is 25.1 Å². The molecule has 3 aromatic rings. The third-order valence-corrected chi connectivity index (χ3v) is 4.30. The highest BCUT2D eigenvalue weighted by Gasteiger charge is 2.21. The van der Waals surface area contributed by atoms with Crippen LogP contribution in [0.1, 0.15) is 26.4 Å². The standard InChI is InChI=1S/C21H18N4O4/c1-28-17-9-5-15(6-10-17)24-20(26)13-3-7-16(8-4-13)25-12-14(11-22)18(23)19(25)21(27)29-2/h3-10,12H,23H2,1-2H3,(H,24,26). The van der Waals surface area contributed by atoms with Crippen LogP contribution in [0, 0.1) is 11.3 Å². The molecule has 0 radical (unpaired) electrons. The minimum atomic E-state index is -0.662. The highest BCUT2D eigenvalue weighted by Crippen LogP contribution is 2.25. The Balaban J connectivity index is 1.86. The first kappa shape index (κ1) is 19.5. The first-order valence-corrected chi connectivity index (χ1v) is 8.53. The smallest absolute Gasteiger partial charge is 0.357 e. The second kappa shape index (κ2) is 8.19. The molecule has 0 bridgehead atoms. The van der Waals surface area contributed by atoms with E-state index in [-0.39, 0.29) is 22.9 Å². The van der Waals surface area contributed by atoms with Crippen molar-refractivity contribution in [3.63, 3.8) is 0 Å². The SMILES string of the molecule is COC(=O)c1c(N)c(C#N)cn1-c1ccc(C(=O)Nc2ccc(OC)cc2)cc1. The second-order valence-corrected chi connectivity index (χ2v) is 6.01. The van der Waals surface area contributed by atoms with Crippen LogP contribution in [0.4, 0.5) is 11.4 Å². The van der Waals surface area contributed by atoms with Crippen LogP contribution in [0.3, 0.4) is 0 Å². The molecule has 3 rings (SSSR count). The van der Waals surface area contributed by atoms with Crippen molar-refractivity contribution in [2.24, 2.45) is 0 Å². The van der Waals surface area contributed by atoms with Crippen LogP contribution in [0.25, 0.3) is 5.69 Å². The van der Waals surface area contributed by atoms with E-state index in [0.717, 1.165) is 0 Å².